The molecule has 0 aliphatic carbocycles. The standard InChI is InChI=1S/C12H6Cl2FN3/c13-8-5-9-12(17-10(8)14)18-11(16-9)6-1-3-7(15)4-2-6/h1-5H,(H,16,17,18). The summed E-state index contributed by atoms with van der Waals surface area (Å²) in [6.07, 6.45) is 0. The minimum absolute atomic E-state index is 0.210. The van der Waals surface area contributed by atoms with Crippen LogP contribution in [0.15, 0.2) is 30.3 Å². The van der Waals surface area contributed by atoms with Crippen molar-refractivity contribution in [1.82, 2.24) is 15.0 Å². The maximum Gasteiger partial charge on any atom is 0.179 e. The lowest BCUT2D eigenvalue weighted by molar-refractivity contribution is 0.628. The Morgan fingerprint density at radius 3 is 2.50 bits per heavy atom. The maximum absolute atomic E-state index is 12.8. The number of aromatic nitrogens is 3. The van der Waals surface area contributed by atoms with Crippen LogP contribution in [-0.4, -0.2) is 15.0 Å². The number of fused-ring (bicyclic) bond motifs is 1. The van der Waals surface area contributed by atoms with Gasteiger partial charge in [-0.15, -0.1) is 0 Å². The minimum atomic E-state index is -0.293. The van der Waals surface area contributed by atoms with Gasteiger partial charge in [-0.05, 0) is 30.3 Å². The van der Waals surface area contributed by atoms with Gasteiger partial charge in [0.1, 0.15) is 16.8 Å². The highest BCUT2D eigenvalue weighted by atomic mass is 35.5. The normalized spacial score (nSPS) is 11.1. The molecule has 0 spiro atoms. The lowest BCUT2D eigenvalue weighted by atomic mass is 10.2. The zero-order valence-corrected chi connectivity index (χ0v) is 10.4. The van der Waals surface area contributed by atoms with Crippen LogP contribution in [0.3, 0.4) is 0 Å². The van der Waals surface area contributed by atoms with Crippen molar-refractivity contribution < 1.29 is 4.39 Å². The van der Waals surface area contributed by atoms with Crippen molar-refractivity contribution in [1.29, 1.82) is 0 Å². The van der Waals surface area contributed by atoms with Gasteiger partial charge in [0.15, 0.2) is 5.65 Å². The summed E-state index contributed by atoms with van der Waals surface area (Å²) in [5.41, 5.74) is 1.93. The molecule has 0 fully saturated rings. The smallest absolute Gasteiger partial charge is 0.179 e. The van der Waals surface area contributed by atoms with Gasteiger partial charge in [0.25, 0.3) is 0 Å². The maximum atomic E-state index is 12.8. The average molecular weight is 282 g/mol. The fraction of sp³-hybridized carbons (Fsp3) is 0. The van der Waals surface area contributed by atoms with Crippen LogP contribution in [0.4, 0.5) is 4.39 Å². The highest BCUT2D eigenvalue weighted by molar-refractivity contribution is 6.41. The first-order chi connectivity index (χ1) is 8.63. The molecule has 0 atom stereocenters. The van der Waals surface area contributed by atoms with E-state index in [1.54, 1.807) is 18.2 Å². The summed E-state index contributed by atoms with van der Waals surface area (Å²) in [6, 6.07) is 7.67. The van der Waals surface area contributed by atoms with Crippen molar-refractivity contribution in [2.75, 3.05) is 0 Å². The third-order valence-electron chi connectivity index (χ3n) is 2.50. The first-order valence-electron chi connectivity index (χ1n) is 5.11. The molecule has 0 aliphatic rings. The Balaban J connectivity index is 2.16. The second-order valence-electron chi connectivity index (χ2n) is 3.72. The van der Waals surface area contributed by atoms with Crippen LogP contribution >= 0.6 is 23.2 Å². The van der Waals surface area contributed by atoms with Gasteiger partial charge in [-0.3, -0.25) is 0 Å². The topological polar surface area (TPSA) is 41.6 Å². The quantitative estimate of drug-likeness (QED) is 0.683. The third kappa shape index (κ3) is 1.94. The highest BCUT2D eigenvalue weighted by Crippen LogP contribution is 2.25. The van der Waals surface area contributed by atoms with Crippen molar-refractivity contribution >= 4 is 34.4 Å². The number of hydrogen-bond acceptors (Lipinski definition) is 2. The van der Waals surface area contributed by atoms with E-state index in [4.69, 9.17) is 23.2 Å². The van der Waals surface area contributed by atoms with Gasteiger partial charge in [0.2, 0.25) is 0 Å². The number of halogens is 3. The Labute approximate surface area is 112 Å². The molecular weight excluding hydrogens is 276 g/mol. The molecule has 2 heterocycles. The summed E-state index contributed by atoms with van der Waals surface area (Å²) >= 11 is 11.7. The summed E-state index contributed by atoms with van der Waals surface area (Å²) in [5, 5.41) is 0.569. The number of H-pyrrole nitrogens is 1. The van der Waals surface area contributed by atoms with Crippen molar-refractivity contribution in [3.63, 3.8) is 0 Å². The summed E-state index contributed by atoms with van der Waals surface area (Å²) in [5.74, 6) is 0.301. The molecule has 3 aromatic rings. The van der Waals surface area contributed by atoms with E-state index in [-0.39, 0.29) is 11.0 Å². The second kappa shape index (κ2) is 4.23. The van der Waals surface area contributed by atoms with Gasteiger partial charge >= 0.3 is 0 Å². The Morgan fingerprint density at radius 2 is 1.78 bits per heavy atom. The lowest BCUT2D eigenvalue weighted by Gasteiger charge is -1.94. The molecule has 0 bridgehead atoms. The van der Waals surface area contributed by atoms with Gasteiger partial charge in [-0.2, -0.15) is 0 Å². The first-order valence-corrected chi connectivity index (χ1v) is 5.87. The predicted molar refractivity (Wildman–Crippen MR) is 69.3 cm³/mol. The molecule has 0 saturated heterocycles. The second-order valence-corrected chi connectivity index (χ2v) is 4.49. The van der Waals surface area contributed by atoms with E-state index in [0.717, 1.165) is 5.56 Å². The van der Waals surface area contributed by atoms with Crippen LogP contribution in [-0.2, 0) is 0 Å². The van der Waals surface area contributed by atoms with Gasteiger partial charge in [0.05, 0.1) is 10.5 Å². The Kier molecular flexibility index (Phi) is 2.69. The van der Waals surface area contributed by atoms with Crippen LogP contribution in [0.25, 0.3) is 22.6 Å². The van der Waals surface area contributed by atoms with E-state index < -0.39 is 0 Å². The number of rotatable bonds is 1. The number of aromatic amines is 1. The first kappa shape index (κ1) is 11.4. The van der Waals surface area contributed by atoms with E-state index in [9.17, 15) is 4.39 Å². The molecule has 6 heteroatoms. The number of nitrogens with one attached hydrogen (secondary N) is 1. The SMILES string of the molecule is Fc1ccc(-c2nc3nc(Cl)c(Cl)cc3[nH]2)cc1. The van der Waals surface area contributed by atoms with Crippen molar-refractivity contribution in [2.45, 2.75) is 0 Å². The molecule has 0 amide bonds. The number of imidazole rings is 1. The third-order valence-corrected chi connectivity index (χ3v) is 3.17. The van der Waals surface area contributed by atoms with Gasteiger partial charge in [0, 0.05) is 5.56 Å². The van der Waals surface area contributed by atoms with E-state index >= 15 is 0 Å². The van der Waals surface area contributed by atoms with Crippen LogP contribution in [0.1, 0.15) is 0 Å². The molecule has 0 saturated carbocycles. The molecule has 0 aliphatic heterocycles. The van der Waals surface area contributed by atoms with Crippen LogP contribution < -0.4 is 0 Å². The van der Waals surface area contributed by atoms with E-state index in [1.165, 1.54) is 12.1 Å². The number of benzene rings is 1. The molecule has 18 heavy (non-hydrogen) atoms. The lowest BCUT2D eigenvalue weighted by Crippen LogP contribution is -1.81. The highest BCUT2D eigenvalue weighted by Gasteiger charge is 2.09. The van der Waals surface area contributed by atoms with Crippen LogP contribution in [0, 0.1) is 5.82 Å². The van der Waals surface area contributed by atoms with Crippen molar-refractivity contribution in [3.8, 4) is 11.4 Å². The Bertz CT molecular complexity index is 683. The molecule has 3 nitrogen and oxygen atoms in total. The zero-order valence-electron chi connectivity index (χ0n) is 8.92. The van der Waals surface area contributed by atoms with Gasteiger partial charge < -0.3 is 4.98 Å². The zero-order chi connectivity index (χ0) is 12.7. The summed E-state index contributed by atoms with van der Waals surface area (Å²) in [4.78, 5) is 11.4. The average Bonchev–Trinajstić information content (AvgIpc) is 2.73. The molecule has 1 aromatic carbocycles. The fourth-order valence-corrected chi connectivity index (χ4v) is 1.93. The van der Waals surface area contributed by atoms with Crippen molar-refractivity contribution in [3.05, 3.63) is 46.3 Å². The van der Waals surface area contributed by atoms with E-state index in [0.29, 0.717) is 22.0 Å². The van der Waals surface area contributed by atoms with E-state index in [1.807, 2.05) is 0 Å². The number of pyridine rings is 1. The molecular formula is C12H6Cl2FN3. The summed E-state index contributed by atoms with van der Waals surface area (Å²) in [6.45, 7) is 0. The van der Waals surface area contributed by atoms with E-state index in [2.05, 4.69) is 15.0 Å². The molecule has 1 N–H and O–H groups in total. The number of nitrogens with zero attached hydrogens (tertiary/aromatic N) is 2. The predicted octanol–water partition coefficient (Wildman–Crippen LogP) is 4.07. The number of hydrogen-bond donors (Lipinski definition) is 1. The Hall–Kier alpha value is -1.65. The Morgan fingerprint density at radius 1 is 1.06 bits per heavy atom. The molecule has 90 valence electrons. The van der Waals surface area contributed by atoms with Crippen LogP contribution in [0.2, 0.25) is 10.2 Å². The largest absolute Gasteiger partial charge is 0.337 e. The van der Waals surface area contributed by atoms with Gasteiger partial charge in [-0.1, -0.05) is 23.2 Å². The van der Waals surface area contributed by atoms with Crippen molar-refractivity contribution in [2.24, 2.45) is 0 Å². The minimum Gasteiger partial charge on any atom is -0.337 e. The molecule has 3 rings (SSSR count). The molecule has 2 aromatic heterocycles. The monoisotopic (exact) mass is 281 g/mol. The van der Waals surface area contributed by atoms with Crippen LogP contribution in [0.5, 0.6) is 0 Å². The van der Waals surface area contributed by atoms with Gasteiger partial charge in [-0.25, -0.2) is 14.4 Å². The molecule has 0 unspecified atom stereocenters. The molecule has 0 radical (unpaired) electrons. The summed E-state index contributed by atoms with van der Waals surface area (Å²) in [7, 11) is 0. The fourth-order valence-electron chi connectivity index (χ4n) is 1.64. The summed E-state index contributed by atoms with van der Waals surface area (Å²) < 4.78 is 12.8.